The van der Waals surface area contributed by atoms with Crippen molar-refractivity contribution in [2.75, 3.05) is 13.1 Å². The van der Waals surface area contributed by atoms with Crippen molar-refractivity contribution in [3.05, 3.63) is 82.1 Å². The SMILES string of the molecule is Cc1c(C(=O)N2CCC(NC(=O)CCc3ccccc3)CC2)cnn1-c1ccc(Br)cc1. The molecule has 0 spiro atoms. The number of amides is 2. The normalized spacial score (nSPS) is 14.4. The van der Waals surface area contributed by atoms with Gasteiger partial charge in [0.05, 0.1) is 23.1 Å². The third-order valence-electron chi connectivity index (χ3n) is 5.94. The van der Waals surface area contributed by atoms with Crippen molar-refractivity contribution in [1.29, 1.82) is 0 Å². The van der Waals surface area contributed by atoms with Crippen LogP contribution in [-0.4, -0.2) is 45.6 Å². The first-order valence-corrected chi connectivity index (χ1v) is 11.7. The molecule has 166 valence electrons. The van der Waals surface area contributed by atoms with Gasteiger partial charge in [0.25, 0.3) is 5.91 Å². The van der Waals surface area contributed by atoms with E-state index in [9.17, 15) is 9.59 Å². The van der Waals surface area contributed by atoms with Gasteiger partial charge in [-0.3, -0.25) is 9.59 Å². The molecule has 0 unspecified atom stereocenters. The maximum absolute atomic E-state index is 13.1. The lowest BCUT2D eigenvalue weighted by Gasteiger charge is -2.32. The molecule has 3 aromatic rings. The molecule has 0 radical (unpaired) electrons. The van der Waals surface area contributed by atoms with Gasteiger partial charge < -0.3 is 10.2 Å². The first-order valence-electron chi connectivity index (χ1n) is 10.9. The predicted molar refractivity (Wildman–Crippen MR) is 128 cm³/mol. The smallest absolute Gasteiger partial charge is 0.257 e. The Hall–Kier alpha value is -2.93. The predicted octanol–water partition coefficient (Wildman–Crippen LogP) is 4.30. The number of hydrogen-bond donors (Lipinski definition) is 1. The molecular formula is C25H27BrN4O2. The van der Waals surface area contributed by atoms with Crippen molar-refractivity contribution in [2.24, 2.45) is 0 Å². The molecule has 0 aliphatic carbocycles. The summed E-state index contributed by atoms with van der Waals surface area (Å²) in [7, 11) is 0. The number of carbonyl (C=O) groups is 2. The van der Waals surface area contributed by atoms with E-state index >= 15 is 0 Å². The lowest BCUT2D eigenvalue weighted by atomic mass is 10.0. The monoisotopic (exact) mass is 494 g/mol. The van der Waals surface area contributed by atoms with Gasteiger partial charge in [-0.15, -0.1) is 0 Å². The van der Waals surface area contributed by atoms with Crippen LogP contribution in [0.25, 0.3) is 5.69 Å². The number of likely N-dealkylation sites (tertiary alicyclic amines) is 1. The Labute approximate surface area is 196 Å². The molecule has 4 rings (SSSR count). The summed E-state index contributed by atoms with van der Waals surface area (Å²) in [6, 6.07) is 18.0. The minimum absolute atomic E-state index is 0.000263. The zero-order valence-corrected chi connectivity index (χ0v) is 19.7. The number of aryl methyl sites for hydroxylation is 1. The largest absolute Gasteiger partial charge is 0.353 e. The number of hydrogen-bond acceptors (Lipinski definition) is 3. The van der Waals surface area contributed by atoms with Gasteiger partial charge in [-0.25, -0.2) is 4.68 Å². The summed E-state index contributed by atoms with van der Waals surface area (Å²) in [4.78, 5) is 27.3. The lowest BCUT2D eigenvalue weighted by Crippen LogP contribution is -2.46. The summed E-state index contributed by atoms with van der Waals surface area (Å²) < 4.78 is 2.79. The van der Waals surface area contributed by atoms with Crippen molar-refractivity contribution in [1.82, 2.24) is 20.0 Å². The van der Waals surface area contributed by atoms with Crippen molar-refractivity contribution in [3.63, 3.8) is 0 Å². The van der Waals surface area contributed by atoms with Gasteiger partial charge in [0.1, 0.15) is 0 Å². The topological polar surface area (TPSA) is 67.2 Å². The van der Waals surface area contributed by atoms with Gasteiger partial charge in [-0.1, -0.05) is 46.3 Å². The summed E-state index contributed by atoms with van der Waals surface area (Å²) in [6.07, 6.45) is 4.41. The molecule has 2 heterocycles. The third kappa shape index (κ3) is 5.27. The fourth-order valence-corrected chi connectivity index (χ4v) is 4.33. The van der Waals surface area contributed by atoms with E-state index in [1.807, 2.05) is 66.4 Å². The zero-order chi connectivity index (χ0) is 22.5. The van der Waals surface area contributed by atoms with Gasteiger partial charge in [0.2, 0.25) is 5.91 Å². The molecule has 0 bridgehead atoms. The Balaban J connectivity index is 1.29. The van der Waals surface area contributed by atoms with Crippen LogP contribution in [0.1, 0.15) is 40.9 Å². The van der Waals surface area contributed by atoms with Crippen molar-refractivity contribution < 1.29 is 9.59 Å². The van der Waals surface area contributed by atoms with Crippen LogP contribution in [0.3, 0.4) is 0 Å². The van der Waals surface area contributed by atoms with E-state index in [1.54, 1.807) is 10.9 Å². The molecule has 1 aliphatic rings. The maximum Gasteiger partial charge on any atom is 0.257 e. The molecule has 2 amide bonds. The molecule has 1 N–H and O–H groups in total. The fourth-order valence-electron chi connectivity index (χ4n) is 4.06. The van der Waals surface area contributed by atoms with E-state index in [0.29, 0.717) is 25.1 Å². The van der Waals surface area contributed by atoms with Crippen LogP contribution >= 0.6 is 15.9 Å². The van der Waals surface area contributed by atoms with Crippen LogP contribution in [0.5, 0.6) is 0 Å². The first kappa shape index (κ1) is 22.3. The molecule has 1 saturated heterocycles. The number of nitrogens with zero attached hydrogens (tertiary/aromatic N) is 3. The molecule has 32 heavy (non-hydrogen) atoms. The Kier molecular flexibility index (Phi) is 7.05. The quantitative estimate of drug-likeness (QED) is 0.555. The highest BCUT2D eigenvalue weighted by molar-refractivity contribution is 9.10. The molecule has 0 saturated carbocycles. The number of nitrogens with one attached hydrogen (secondary N) is 1. The molecule has 0 atom stereocenters. The molecule has 1 fully saturated rings. The highest BCUT2D eigenvalue weighted by Crippen LogP contribution is 2.20. The first-order chi connectivity index (χ1) is 15.5. The van der Waals surface area contributed by atoms with Crippen molar-refractivity contribution in [3.8, 4) is 5.69 Å². The number of carbonyl (C=O) groups excluding carboxylic acids is 2. The second kappa shape index (κ2) is 10.1. The van der Waals surface area contributed by atoms with Gasteiger partial charge in [0, 0.05) is 30.0 Å². The van der Waals surface area contributed by atoms with Crippen molar-refractivity contribution in [2.45, 2.75) is 38.6 Å². The Bertz CT molecular complexity index is 1070. The van der Waals surface area contributed by atoms with E-state index in [4.69, 9.17) is 0 Å². The summed E-state index contributed by atoms with van der Waals surface area (Å²) in [5.74, 6) is 0.0740. The van der Waals surface area contributed by atoms with Crippen LogP contribution in [0.4, 0.5) is 0 Å². The third-order valence-corrected chi connectivity index (χ3v) is 6.47. The molecule has 1 aliphatic heterocycles. The average molecular weight is 495 g/mol. The second-order valence-electron chi connectivity index (χ2n) is 8.15. The number of halogens is 1. The number of piperidine rings is 1. The maximum atomic E-state index is 13.1. The minimum Gasteiger partial charge on any atom is -0.353 e. The average Bonchev–Trinajstić information content (AvgIpc) is 3.20. The minimum atomic E-state index is -0.000263. The summed E-state index contributed by atoms with van der Waals surface area (Å²) in [5.41, 5.74) is 3.54. The van der Waals surface area contributed by atoms with Crippen LogP contribution in [0.15, 0.2) is 65.3 Å². The van der Waals surface area contributed by atoms with Gasteiger partial charge in [0.15, 0.2) is 0 Å². The summed E-state index contributed by atoms with van der Waals surface area (Å²) in [6.45, 7) is 3.18. The molecular weight excluding hydrogens is 468 g/mol. The fraction of sp³-hybridized carbons (Fsp3) is 0.320. The number of aromatic nitrogens is 2. The van der Waals surface area contributed by atoms with Gasteiger partial charge in [-0.2, -0.15) is 5.10 Å². The summed E-state index contributed by atoms with van der Waals surface area (Å²) >= 11 is 3.44. The molecule has 2 aromatic carbocycles. The summed E-state index contributed by atoms with van der Waals surface area (Å²) in [5, 5.41) is 7.56. The second-order valence-corrected chi connectivity index (χ2v) is 9.07. The molecule has 1 aromatic heterocycles. The van der Waals surface area contributed by atoms with Crippen LogP contribution in [-0.2, 0) is 11.2 Å². The van der Waals surface area contributed by atoms with Gasteiger partial charge in [-0.05, 0) is 56.0 Å². The zero-order valence-electron chi connectivity index (χ0n) is 18.1. The van der Waals surface area contributed by atoms with E-state index in [-0.39, 0.29) is 17.9 Å². The molecule has 6 nitrogen and oxygen atoms in total. The Morgan fingerprint density at radius 3 is 2.44 bits per heavy atom. The Morgan fingerprint density at radius 2 is 1.75 bits per heavy atom. The lowest BCUT2D eigenvalue weighted by molar-refractivity contribution is -0.122. The van der Waals surface area contributed by atoms with E-state index in [2.05, 4.69) is 26.3 Å². The van der Waals surface area contributed by atoms with Gasteiger partial charge >= 0.3 is 0 Å². The standard InChI is InChI=1S/C25H27BrN4O2/c1-18-23(17-27-30(18)22-10-8-20(26)9-11-22)25(32)29-15-13-21(14-16-29)28-24(31)12-7-19-5-3-2-4-6-19/h2-6,8-11,17,21H,7,12-16H2,1H3,(H,28,31). The van der Waals surface area contributed by atoms with E-state index < -0.39 is 0 Å². The van der Waals surface area contributed by atoms with Crippen LogP contribution in [0.2, 0.25) is 0 Å². The highest BCUT2D eigenvalue weighted by Gasteiger charge is 2.26. The van der Waals surface area contributed by atoms with Crippen LogP contribution < -0.4 is 5.32 Å². The number of rotatable bonds is 6. The Morgan fingerprint density at radius 1 is 1.06 bits per heavy atom. The highest BCUT2D eigenvalue weighted by atomic mass is 79.9. The van der Waals surface area contributed by atoms with E-state index in [1.165, 1.54) is 5.56 Å². The molecule has 7 heteroatoms. The van der Waals surface area contributed by atoms with E-state index in [0.717, 1.165) is 35.1 Å². The van der Waals surface area contributed by atoms with Crippen LogP contribution in [0, 0.1) is 6.92 Å². The van der Waals surface area contributed by atoms with Crippen molar-refractivity contribution >= 4 is 27.7 Å². The number of benzene rings is 2.